The van der Waals surface area contributed by atoms with Gasteiger partial charge in [0, 0.05) is 11.3 Å². The minimum atomic E-state index is -0.278. The molecule has 1 unspecified atom stereocenters. The highest BCUT2D eigenvalue weighted by Crippen LogP contribution is 2.22. The highest BCUT2D eigenvalue weighted by molar-refractivity contribution is 5.92. The normalized spacial score (nSPS) is 11.7. The number of anilines is 1. The Labute approximate surface area is 169 Å². The highest BCUT2D eigenvalue weighted by Gasteiger charge is 2.19. The van der Waals surface area contributed by atoms with E-state index in [1.54, 1.807) is 12.1 Å². The first-order valence-electron chi connectivity index (χ1n) is 9.40. The van der Waals surface area contributed by atoms with E-state index in [0.717, 1.165) is 16.7 Å². The Bertz CT molecular complexity index is 1070. The van der Waals surface area contributed by atoms with E-state index in [1.807, 2.05) is 60.7 Å². The summed E-state index contributed by atoms with van der Waals surface area (Å²) in [5, 5.41) is 3.09. The van der Waals surface area contributed by atoms with Gasteiger partial charge in [-0.3, -0.25) is 4.79 Å². The van der Waals surface area contributed by atoms with Gasteiger partial charge in [-0.05, 0) is 41.8 Å². The second kappa shape index (κ2) is 8.44. The third-order valence-corrected chi connectivity index (χ3v) is 4.68. The fourth-order valence-electron chi connectivity index (χ4n) is 3.16. The summed E-state index contributed by atoms with van der Waals surface area (Å²) in [4.78, 5) is 17.2. The lowest BCUT2D eigenvalue weighted by Crippen LogP contribution is -2.30. The molecule has 0 aliphatic rings. The fourth-order valence-corrected chi connectivity index (χ4v) is 3.16. The molecule has 3 N–H and O–H groups in total. The monoisotopic (exact) mass is 383 g/mol. The van der Waals surface area contributed by atoms with Crippen LogP contribution in [0.15, 0.2) is 95.6 Å². The van der Waals surface area contributed by atoms with Gasteiger partial charge in [0.2, 0.25) is 5.89 Å². The maximum Gasteiger partial charge on any atom is 0.273 e. The van der Waals surface area contributed by atoms with E-state index < -0.39 is 0 Å². The van der Waals surface area contributed by atoms with Crippen LogP contribution in [0, 0.1) is 0 Å². The SMILES string of the molecule is Nc1ccc(-c2nc(C(=O)NC(Cc3ccccc3)c3ccccc3)co2)cc1. The zero-order chi connectivity index (χ0) is 20.1. The lowest BCUT2D eigenvalue weighted by Gasteiger charge is -2.19. The van der Waals surface area contributed by atoms with Crippen LogP contribution in [-0.2, 0) is 6.42 Å². The van der Waals surface area contributed by atoms with E-state index in [1.165, 1.54) is 6.26 Å². The molecule has 4 rings (SSSR count). The summed E-state index contributed by atoms with van der Waals surface area (Å²) in [7, 11) is 0. The van der Waals surface area contributed by atoms with E-state index in [4.69, 9.17) is 10.2 Å². The Morgan fingerprint density at radius 2 is 1.59 bits per heavy atom. The van der Waals surface area contributed by atoms with Crippen LogP contribution in [0.1, 0.15) is 27.7 Å². The molecule has 3 aromatic carbocycles. The lowest BCUT2D eigenvalue weighted by molar-refractivity contribution is 0.0931. The molecule has 0 radical (unpaired) electrons. The van der Waals surface area contributed by atoms with Crippen molar-refractivity contribution in [3.63, 3.8) is 0 Å². The van der Waals surface area contributed by atoms with E-state index in [0.29, 0.717) is 18.0 Å². The first-order chi connectivity index (χ1) is 14.2. The van der Waals surface area contributed by atoms with Gasteiger partial charge in [-0.25, -0.2) is 4.98 Å². The summed E-state index contributed by atoms with van der Waals surface area (Å²) in [6, 6.07) is 27.0. The molecule has 0 saturated carbocycles. The van der Waals surface area contributed by atoms with Crippen LogP contribution >= 0.6 is 0 Å². The second-order valence-electron chi connectivity index (χ2n) is 6.79. The van der Waals surface area contributed by atoms with Crippen molar-refractivity contribution >= 4 is 11.6 Å². The van der Waals surface area contributed by atoms with Crippen LogP contribution in [0.5, 0.6) is 0 Å². The number of hydrogen-bond donors (Lipinski definition) is 2. The Hall–Kier alpha value is -3.86. The average Bonchev–Trinajstić information content (AvgIpc) is 3.26. The van der Waals surface area contributed by atoms with Crippen LogP contribution in [-0.4, -0.2) is 10.9 Å². The summed E-state index contributed by atoms with van der Waals surface area (Å²) in [6.07, 6.45) is 2.06. The maximum absolute atomic E-state index is 12.9. The van der Waals surface area contributed by atoms with Gasteiger partial charge in [0.1, 0.15) is 6.26 Å². The molecule has 0 spiro atoms. The first kappa shape index (κ1) is 18.5. The van der Waals surface area contributed by atoms with Crippen molar-refractivity contribution in [2.75, 3.05) is 5.73 Å². The van der Waals surface area contributed by atoms with Gasteiger partial charge < -0.3 is 15.5 Å². The van der Waals surface area contributed by atoms with Crippen molar-refractivity contribution < 1.29 is 9.21 Å². The number of nitrogens with one attached hydrogen (secondary N) is 1. The highest BCUT2D eigenvalue weighted by atomic mass is 16.3. The molecule has 29 heavy (non-hydrogen) atoms. The fraction of sp³-hybridized carbons (Fsp3) is 0.0833. The number of aromatic nitrogens is 1. The maximum atomic E-state index is 12.9. The van der Waals surface area contributed by atoms with Gasteiger partial charge in [-0.2, -0.15) is 0 Å². The van der Waals surface area contributed by atoms with Crippen LogP contribution in [0.25, 0.3) is 11.5 Å². The van der Waals surface area contributed by atoms with Crippen LogP contribution in [0.4, 0.5) is 5.69 Å². The van der Waals surface area contributed by atoms with Crippen molar-refractivity contribution in [1.29, 1.82) is 0 Å². The van der Waals surface area contributed by atoms with Crippen LogP contribution in [0.3, 0.4) is 0 Å². The molecular formula is C24H21N3O2. The predicted octanol–water partition coefficient (Wildman–Crippen LogP) is 4.64. The van der Waals surface area contributed by atoms with Gasteiger partial charge in [0.25, 0.3) is 5.91 Å². The number of nitrogens with zero attached hydrogens (tertiary/aromatic N) is 1. The molecular weight excluding hydrogens is 362 g/mol. The molecule has 144 valence electrons. The van der Waals surface area contributed by atoms with Crippen molar-refractivity contribution in [1.82, 2.24) is 10.3 Å². The Balaban J connectivity index is 1.54. The molecule has 1 atom stereocenters. The average molecular weight is 383 g/mol. The van der Waals surface area contributed by atoms with E-state index in [9.17, 15) is 4.79 Å². The lowest BCUT2D eigenvalue weighted by atomic mass is 9.99. The topological polar surface area (TPSA) is 81.1 Å². The number of amides is 1. The predicted molar refractivity (Wildman–Crippen MR) is 113 cm³/mol. The van der Waals surface area contributed by atoms with Crippen molar-refractivity contribution in [2.45, 2.75) is 12.5 Å². The number of benzene rings is 3. The molecule has 1 aromatic heterocycles. The molecule has 4 aromatic rings. The molecule has 0 bridgehead atoms. The number of carbonyl (C=O) groups is 1. The second-order valence-corrected chi connectivity index (χ2v) is 6.79. The molecule has 0 saturated heterocycles. The largest absolute Gasteiger partial charge is 0.444 e. The smallest absolute Gasteiger partial charge is 0.273 e. The molecule has 5 nitrogen and oxygen atoms in total. The number of oxazole rings is 1. The van der Waals surface area contributed by atoms with Gasteiger partial charge in [-0.1, -0.05) is 60.7 Å². The summed E-state index contributed by atoms with van der Waals surface area (Å²) in [5.74, 6) is 0.106. The minimum Gasteiger partial charge on any atom is -0.444 e. The van der Waals surface area contributed by atoms with Crippen LogP contribution < -0.4 is 11.1 Å². The molecule has 5 heteroatoms. The Morgan fingerprint density at radius 1 is 0.931 bits per heavy atom. The standard InChI is InChI=1S/C24H21N3O2/c25-20-13-11-19(12-14-20)24-27-22(16-29-24)23(28)26-21(18-9-5-2-6-10-18)15-17-7-3-1-4-8-17/h1-14,16,21H,15,25H2,(H,26,28). The zero-order valence-corrected chi connectivity index (χ0v) is 15.8. The Morgan fingerprint density at radius 3 is 2.28 bits per heavy atom. The van der Waals surface area contributed by atoms with Crippen molar-refractivity contribution in [3.8, 4) is 11.5 Å². The number of hydrogen-bond acceptors (Lipinski definition) is 4. The van der Waals surface area contributed by atoms with Crippen molar-refractivity contribution in [2.24, 2.45) is 0 Å². The summed E-state index contributed by atoms with van der Waals surface area (Å²) in [5.41, 5.74) is 9.56. The number of carbonyl (C=O) groups excluding carboxylic acids is 1. The molecule has 0 fully saturated rings. The molecule has 0 aliphatic carbocycles. The summed E-state index contributed by atoms with van der Waals surface area (Å²) in [6.45, 7) is 0. The van der Waals surface area contributed by atoms with Gasteiger partial charge in [0.15, 0.2) is 5.69 Å². The van der Waals surface area contributed by atoms with Gasteiger partial charge in [0.05, 0.1) is 6.04 Å². The number of rotatable bonds is 6. The van der Waals surface area contributed by atoms with Crippen molar-refractivity contribution in [3.05, 3.63) is 108 Å². The summed E-state index contributed by atoms with van der Waals surface area (Å²) >= 11 is 0. The summed E-state index contributed by atoms with van der Waals surface area (Å²) < 4.78 is 5.50. The third-order valence-electron chi connectivity index (χ3n) is 4.68. The quantitative estimate of drug-likeness (QED) is 0.475. The number of nitrogen functional groups attached to an aromatic ring is 1. The van der Waals surface area contributed by atoms with E-state index in [-0.39, 0.29) is 17.6 Å². The first-order valence-corrected chi connectivity index (χ1v) is 9.40. The van der Waals surface area contributed by atoms with E-state index >= 15 is 0 Å². The minimum absolute atomic E-state index is 0.178. The van der Waals surface area contributed by atoms with Gasteiger partial charge in [-0.15, -0.1) is 0 Å². The van der Waals surface area contributed by atoms with E-state index in [2.05, 4.69) is 22.4 Å². The van der Waals surface area contributed by atoms with Crippen LogP contribution in [0.2, 0.25) is 0 Å². The third kappa shape index (κ3) is 4.52. The molecule has 0 aliphatic heterocycles. The van der Waals surface area contributed by atoms with Gasteiger partial charge >= 0.3 is 0 Å². The Kier molecular flexibility index (Phi) is 5.38. The molecule has 1 amide bonds. The molecule has 1 heterocycles. The number of nitrogens with two attached hydrogens (primary N) is 1. The zero-order valence-electron chi connectivity index (χ0n) is 15.8.